The van der Waals surface area contributed by atoms with Gasteiger partial charge in [-0.15, -0.1) is 21.5 Å². The van der Waals surface area contributed by atoms with Crippen LogP contribution in [0.25, 0.3) is 0 Å². The maximum Gasteiger partial charge on any atom is 0.341 e. The average molecular weight is 395 g/mol. The second kappa shape index (κ2) is 8.22. The summed E-state index contributed by atoms with van der Waals surface area (Å²) in [6.07, 6.45) is 5.15. The number of hydrogen-bond donors (Lipinski definition) is 1. The summed E-state index contributed by atoms with van der Waals surface area (Å²) in [5.41, 5.74) is 1.58. The largest absolute Gasteiger partial charge is 0.465 e. The van der Waals surface area contributed by atoms with Gasteiger partial charge in [-0.3, -0.25) is 4.79 Å². The third kappa shape index (κ3) is 3.93. The summed E-state index contributed by atoms with van der Waals surface area (Å²) in [5, 5.41) is 12.2. The number of carbonyl (C=O) groups excluding carboxylic acids is 2. The van der Waals surface area contributed by atoms with Gasteiger partial charge in [0, 0.05) is 11.9 Å². The predicted octanol–water partition coefficient (Wildman–Crippen LogP) is 2.97. The van der Waals surface area contributed by atoms with Gasteiger partial charge in [-0.2, -0.15) is 0 Å². The van der Waals surface area contributed by atoms with E-state index >= 15 is 0 Å². The van der Waals surface area contributed by atoms with Gasteiger partial charge in [-0.1, -0.05) is 18.2 Å². The van der Waals surface area contributed by atoms with Crippen LogP contribution in [0.15, 0.2) is 5.16 Å². The molecule has 0 unspecified atom stereocenters. The Kier molecular flexibility index (Phi) is 5.98. The molecule has 1 N–H and O–H groups in total. The number of aryl methyl sites for hydroxylation is 2. The van der Waals surface area contributed by atoms with Gasteiger partial charge in [0.05, 0.1) is 18.4 Å². The first kappa shape index (κ1) is 18.9. The third-order valence-electron chi connectivity index (χ3n) is 4.45. The zero-order valence-electron chi connectivity index (χ0n) is 15.1. The highest BCUT2D eigenvalue weighted by atomic mass is 32.2. The Morgan fingerprint density at radius 3 is 2.73 bits per heavy atom. The van der Waals surface area contributed by atoms with Gasteiger partial charge < -0.3 is 14.6 Å². The van der Waals surface area contributed by atoms with Crippen LogP contribution in [0.2, 0.25) is 0 Å². The van der Waals surface area contributed by atoms with Gasteiger partial charge in [0.2, 0.25) is 5.91 Å². The molecule has 0 bridgehead atoms. The van der Waals surface area contributed by atoms with Crippen molar-refractivity contribution in [1.82, 2.24) is 14.8 Å². The highest BCUT2D eigenvalue weighted by Gasteiger charge is 2.26. The van der Waals surface area contributed by atoms with Crippen LogP contribution in [0.4, 0.5) is 5.00 Å². The van der Waals surface area contributed by atoms with E-state index in [-0.39, 0.29) is 17.6 Å². The lowest BCUT2D eigenvalue weighted by atomic mass is 10.1. The molecular formula is C17H22N4O3S2. The second-order valence-electron chi connectivity index (χ2n) is 6.19. The minimum absolute atomic E-state index is 0.169. The van der Waals surface area contributed by atoms with Crippen LogP contribution in [0.3, 0.4) is 0 Å². The van der Waals surface area contributed by atoms with Crippen LogP contribution in [0, 0.1) is 6.92 Å². The molecule has 0 atom stereocenters. The van der Waals surface area contributed by atoms with E-state index in [4.69, 9.17) is 4.74 Å². The molecule has 7 nitrogen and oxygen atoms in total. The van der Waals surface area contributed by atoms with Crippen molar-refractivity contribution in [1.29, 1.82) is 0 Å². The zero-order chi connectivity index (χ0) is 18.7. The van der Waals surface area contributed by atoms with E-state index in [9.17, 15) is 9.59 Å². The Labute approximate surface area is 160 Å². The zero-order valence-corrected chi connectivity index (χ0v) is 16.8. The van der Waals surface area contributed by atoms with Gasteiger partial charge in [0.1, 0.15) is 10.8 Å². The van der Waals surface area contributed by atoms with Gasteiger partial charge in [0.25, 0.3) is 0 Å². The lowest BCUT2D eigenvalue weighted by molar-refractivity contribution is -0.113. The number of thioether (sulfide) groups is 1. The first-order chi connectivity index (χ1) is 12.5. The highest BCUT2D eigenvalue weighted by Crippen LogP contribution is 2.38. The number of aromatic nitrogens is 3. The number of amides is 1. The summed E-state index contributed by atoms with van der Waals surface area (Å²) in [4.78, 5) is 25.9. The normalized spacial score (nSPS) is 13.8. The molecule has 0 spiro atoms. The summed E-state index contributed by atoms with van der Waals surface area (Å²) in [5.74, 6) is 0.450. The van der Waals surface area contributed by atoms with Crippen molar-refractivity contribution in [2.24, 2.45) is 7.05 Å². The van der Waals surface area contributed by atoms with E-state index in [1.54, 1.807) is 0 Å². The average Bonchev–Trinajstić information content (AvgIpc) is 3.02. The Morgan fingerprint density at radius 2 is 2.04 bits per heavy atom. The molecule has 0 saturated heterocycles. The molecule has 0 fully saturated rings. The minimum atomic E-state index is -0.378. The van der Waals surface area contributed by atoms with Crippen LogP contribution in [-0.2, 0) is 29.4 Å². The van der Waals surface area contributed by atoms with E-state index in [1.807, 2.05) is 18.5 Å². The summed E-state index contributed by atoms with van der Waals surface area (Å²) < 4.78 is 6.80. The van der Waals surface area contributed by atoms with Gasteiger partial charge in [-0.25, -0.2) is 4.79 Å². The minimum Gasteiger partial charge on any atom is -0.465 e. The number of ether oxygens (including phenoxy) is 1. The molecular weight excluding hydrogens is 372 g/mol. The highest BCUT2D eigenvalue weighted by molar-refractivity contribution is 7.99. The Bertz CT molecular complexity index is 828. The molecule has 2 aromatic heterocycles. The second-order valence-corrected chi connectivity index (χ2v) is 8.23. The van der Waals surface area contributed by atoms with E-state index in [1.165, 1.54) is 35.1 Å². The first-order valence-electron chi connectivity index (χ1n) is 8.52. The van der Waals surface area contributed by atoms with E-state index < -0.39 is 0 Å². The number of esters is 1. The molecule has 1 amide bonds. The standard InChI is InChI=1S/C17H22N4O3S2/c1-10-19-20-17(21(10)2)25-9-13(22)18-15-14(16(23)24-3)11-7-5-4-6-8-12(11)26-15/h4-9H2,1-3H3,(H,18,22). The monoisotopic (exact) mass is 394 g/mol. The Morgan fingerprint density at radius 1 is 1.27 bits per heavy atom. The number of nitrogens with zero attached hydrogens (tertiary/aromatic N) is 3. The summed E-state index contributed by atoms with van der Waals surface area (Å²) in [6, 6.07) is 0. The molecule has 26 heavy (non-hydrogen) atoms. The Balaban J connectivity index is 1.75. The van der Waals surface area contributed by atoms with Crippen LogP contribution in [0.1, 0.15) is 45.9 Å². The summed E-state index contributed by atoms with van der Waals surface area (Å²) in [7, 11) is 3.24. The van der Waals surface area contributed by atoms with Crippen molar-refractivity contribution in [2.75, 3.05) is 18.2 Å². The van der Waals surface area contributed by atoms with Crippen molar-refractivity contribution in [2.45, 2.75) is 44.2 Å². The maximum atomic E-state index is 12.4. The molecule has 3 rings (SSSR count). The van der Waals surface area contributed by atoms with Crippen molar-refractivity contribution >= 4 is 40.0 Å². The number of hydrogen-bond acceptors (Lipinski definition) is 7. The molecule has 0 saturated carbocycles. The van der Waals surface area contributed by atoms with Crippen LogP contribution in [-0.4, -0.2) is 39.5 Å². The number of methoxy groups -OCH3 is 1. The lowest BCUT2D eigenvalue weighted by Gasteiger charge is -2.07. The van der Waals surface area contributed by atoms with Crippen molar-refractivity contribution < 1.29 is 14.3 Å². The number of rotatable bonds is 5. The van der Waals surface area contributed by atoms with Gasteiger partial charge in [0.15, 0.2) is 5.16 Å². The predicted molar refractivity (Wildman–Crippen MR) is 102 cm³/mol. The molecule has 9 heteroatoms. The number of carbonyl (C=O) groups is 2. The van der Waals surface area contributed by atoms with Crippen molar-refractivity contribution in [3.63, 3.8) is 0 Å². The molecule has 1 aliphatic carbocycles. The lowest BCUT2D eigenvalue weighted by Crippen LogP contribution is -2.16. The van der Waals surface area contributed by atoms with Crippen LogP contribution < -0.4 is 5.32 Å². The SMILES string of the molecule is COC(=O)c1c(NC(=O)CSc2nnc(C)n2C)sc2c1CCCCC2. The molecule has 0 radical (unpaired) electrons. The molecule has 2 aromatic rings. The number of nitrogens with one attached hydrogen (secondary N) is 1. The van der Waals surface area contributed by atoms with Crippen molar-refractivity contribution in [3.05, 3.63) is 21.8 Å². The number of anilines is 1. The molecule has 2 heterocycles. The van der Waals surface area contributed by atoms with Gasteiger partial charge in [-0.05, 0) is 38.2 Å². The molecule has 1 aliphatic rings. The van der Waals surface area contributed by atoms with Crippen LogP contribution >= 0.6 is 23.1 Å². The fraction of sp³-hybridized carbons (Fsp3) is 0.529. The smallest absolute Gasteiger partial charge is 0.341 e. The van der Waals surface area contributed by atoms with E-state index in [0.29, 0.717) is 15.7 Å². The molecule has 0 aliphatic heterocycles. The van der Waals surface area contributed by atoms with E-state index in [2.05, 4.69) is 15.5 Å². The fourth-order valence-electron chi connectivity index (χ4n) is 2.95. The molecule has 0 aromatic carbocycles. The topological polar surface area (TPSA) is 86.1 Å². The first-order valence-corrected chi connectivity index (χ1v) is 10.3. The number of fused-ring (bicyclic) bond motifs is 1. The van der Waals surface area contributed by atoms with E-state index in [0.717, 1.165) is 43.5 Å². The van der Waals surface area contributed by atoms with Gasteiger partial charge >= 0.3 is 5.97 Å². The quantitative estimate of drug-likeness (QED) is 0.477. The van der Waals surface area contributed by atoms with Crippen molar-refractivity contribution in [3.8, 4) is 0 Å². The summed E-state index contributed by atoms with van der Waals surface area (Å²) in [6.45, 7) is 1.86. The van der Waals surface area contributed by atoms with Crippen LogP contribution in [0.5, 0.6) is 0 Å². The third-order valence-corrected chi connectivity index (χ3v) is 6.68. The fourth-order valence-corrected chi connectivity index (χ4v) is 5.01. The molecule has 140 valence electrons. The summed E-state index contributed by atoms with van der Waals surface area (Å²) >= 11 is 2.82. The Hall–Kier alpha value is -1.87. The maximum absolute atomic E-state index is 12.4. The number of thiophene rings is 1.